The molecule has 1 saturated heterocycles. The van der Waals surface area contributed by atoms with E-state index in [1.165, 1.54) is 0 Å². The number of anilines is 1. The Morgan fingerprint density at radius 3 is 2.59 bits per heavy atom. The third-order valence-corrected chi connectivity index (χ3v) is 5.88. The summed E-state index contributed by atoms with van der Waals surface area (Å²) in [5, 5.41) is 3.06. The van der Waals surface area contributed by atoms with Gasteiger partial charge >= 0.3 is 6.03 Å². The third kappa shape index (κ3) is 5.26. The highest BCUT2D eigenvalue weighted by atomic mass is 79.9. The smallest absolute Gasteiger partial charge is 0.333 e. The monoisotopic (exact) mass is 540 g/mol. The molecular formula is C26H22BrClN2O4. The Kier molecular flexibility index (Phi) is 7.24. The van der Waals surface area contributed by atoms with E-state index in [4.69, 9.17) is 21.1 Å². The van der Waals surface area contributed by atoms with Crippen LogP contribution in [0.4, 0.5) is 10.5 Å². The summed E-state index contributed by atoms with van der Waals surface area (Å²) in [5.41, 5.74) is 3.40. The largest absolute Gasteiger partial charge is 0.490 e. The van der Waals surface area contributed by atoms with Crippen LogP contribution in [-0.4, -0.2) is 18.5 Å². The Morgan fingerprint density at radius 2 is 1.85 bits per heavy atom. The first-order valence-corrected chi connectivity index (χ1v) is 11.8. The number of benzene rings is 3. The van der Waals surface area contributed by atoms with E-state index in [-0.39, 0.29) is 5.70 Å². The van der Waals surface area contributed by atoms with Crippen LogP contribution >= 0.6 is 27.5 Å². The molecule has 6 nitrogen and oxygen atoms in total. The van der Waals surface area contributed by atoms with Crippen LogP contribution in [0.1, 0.15) is 23.6 Å². The number of carbonyl (C=O) groups is 2. The minimum absolute atomic E-state index is 0.146. The van der Waals surface area contributed by atoms with Gasteiger partial charge in [0.15, 0.2) is 11.5 Å². The van der Waals surface area contributed by atoms with Crippen LogP contribution in [0, 0.1) is 6.92 Å². The molecule has 34 heavy (non-hydrogen) atoms. The summed E-state index contributed by atoms with van der Waals surface area (Å²) in [5.74, 6) is 0.619. The van der Waals surface area contributed by atoms with Crippen molar-refractivity contribution < 1.29 is 19.1 Å². The Bertz CT molecular complexity index is 1290. The number of ether oxygens (including phenoxy) is 2. The molecule has 0 aromatic heterocycles. The second kappa shape index (κ2) is 10.3. The number of carbonyl (C=O) groups excluding carboxylic acids is 2. The van der Waals surface area contributed by atoms with E-state index in [0.717, 1.165) is 16.0 Å². The number of hydrogen-bond acceptors (Lipinski definition) is 4. The van der Waals surface area contributed by atoms with Crippen molar-refractivity contribution in [3.05, 3.63) is 92.5 Å². The van der Waals surface area contributed by atoms with Gasteiger partial charge in [-0.2, -0.15) is 0 Å². The maximum absolute atomic E-state index is 12.9. The highest BCUT2D eigenvalue weighted by Crippen LogP contribution is 2.38. The molecule has 1 heterocycles. The quantitative estimate of drug-likeness (QED) is 0.274. The van der Waals surface area contributed by atoms with Gasteiger partial charge in [-0.15, -0.1) is 0 Å². The molecule has 0 atom stereocenters. The zero-order chi connectivity index (χ0) is 24.2. The van der Waals surface area contributed by atoms with Crippen LogP contribution in [0.15, 0.2) is 70.8 Å². The molecule has 0 bridgehead atoms. The van der Waals surface area contributed by atoms with Gasteiger partial charge in [-0.1, -0.05) is 47.5 Å². The number of nitrogens with zero attached hydrogens (tertiary/aromatic N) is 1. The number of rotatable bonds is 7. The van der Waals surface area contributed by atoms with Crippen LogP contribution < -0.4 is 19.7 Å². The van der Waals surface area contributed by atoms with Crippen LogP contribution in [0.3, 0.4) is 0 Å². The van der Waals surface area contributed by atoms with Gasteiger partial charge in [-0.3, -0.25) is 4.79 Å². The van der Waals surface area contributed by atoms with Gasteiger partial charge in [0.25, 0.3) is 5.91 Å². The van der Waals surface area contributed by atoms with Crippen molar-refractivity contribution >= 4 is 51.2 Å². The van der Waals surface area contributed by atoms with Crippen molar-refractivity contribution in [3.8, 4) is 11.5 Å². The molecule has 1 fully saturated rings. The summed E-state index contributed by atoms with van der Waals surface area (Å²) in [6, 6.07) is 17.7. The highest BCUT2D eigenvalue weighted by molar-refractivity contribution is 9.10. The molecule has 1 aliphatic heterocycles. The molecule has 4 rings (SSSR count). The Labute approximate surface area is 211 Å². The number of aryl methyl sites for hydroxylation is 1. The maximum Gasteiger partial charge on any atom is 0.333 e. The minimum atomic E-state index is -0.541. The van der Waals surface area contributed by atoms with Crippen molar-refractivity contribution in [3.63, 3.8) is 0 Å². The second-order valence-corrected chi connectivity index (χ2v) is 8.94. The van der Waals surface area contributed by atoms with E-state index >= 15 is 0 Å². The molecule has 1 aliphatic rings. The first kappa shape index (κ1) is 23.9. The summed E-state index contributed by atoms with van der Waals surface area (Å²) in [7, 11) is 0. The van der Waals surface area contributed by atoms with E-state index < -0.39 is 11.9 Å². The number of nitrogens with one attached hydrogen (secondary N) is 1. The lowest BCUT2D eigenvalue weighted by Gasteiger charge is -2.15. The summed E-state index contributed by atoms with van der Waals surface area (Å²) in [4.78, 5) is 26.5. The maximum atomic E-state index is 12.9. The number of urea groups is 1. The fourth-order valence-electron chi connectivity index (χ4n) is 3.58. The number of amides is 3. The first-order chi connectivity index (χ1) is 16.4. The normalized spacial score (nSPS) is 14.5. The minimum Gasteiger partial charge on any atom is -0.490 e. The highest BCUT2D eigenvalue weighted by Gasteiger charge is 2.35. The lowest BCUT2D eigenvalue weighted by atomic mass is 10.1. The Morgan fingerprint density at radius 1 is 1.06 bits per heavy atom. The molecule has 0 unspecified atom stereocenters. The summed E-state index contributed by atoms with van der Waals surface area (Å²) < 4.78 is 12.5. The second-order valence-electron chi connectivity index (χ2n) is 7.65. The fourth-order valence-corrected chi connectivity index (χ4v) is 4.34. The molecule has 0 spiro atoms. The van der Waals surface area contributed by atoms with Gasteiger partial charge in [0.2, 0.25) is 0 Å². The van der Waals surface area contributed by atoms with Crippen LogP contribution in [-0.2, 0) is 11.4 Å². The summed E-state index contributed by atoms with van der Waals surface area (Å²) in [6.07, 6.45) is 1.60. The first-order valence-electron chi connectivity index (χ1n) is 10.6. The predicted octanol–water partition coefficient (Wildman–Crippen LogP) is 6.49. The fraction of sp³-hybridized carbons (Fsp3) is 0.154. The molecule has 0 aliphatic carbocycles. The molecule has 3 aromatic carbocycles. The van der Waals surface area contributed by atoms with Crippen LogP contribution in [0.2, 0.25) is 5.02 Å². The lowest BCUT2D eigenvalue weighted by molar-refractivity contribution is -0.113. The van der Waals surface area contributed by atoms with Crippen molar-refractivity contribution in [2.45, 2.75) is 20.5 Å². The van der Waals surface area contributed by atoms with E-state index in [9.17, 15) is 9.59 Å². The molecular weight excluding hydrogens is 520 g/mol. The molecule has 0 radical (unpaired) electrons. The van der Waals surface area contributed by atoms with Gasteiger partial charge < -0.3 is 14.8 Å². The van der Waals surface area contributed by atoms with Crippen molar-refractivity contribution in [2.75, 3.05) is 11.5 Å². The van der Waals surface area contributed by atoms with Gasteiger partial charge in [0.05, 0.1) is 16.8 Å². The molecule has 3 amide bonds. The number of halogens is 2. The SMILES string of the molecule is CCOc1cc(/C=C2/NC(=O)N(c3cccc(Cl)c3)C2=O)cc(Br)c1OCc1cccc(C)c1. The van der Waals surface area contributed by atoms with E-state index in [1.807, 2.05) is 38.1 Å². The van der Waals surface area contributed by atoms with E-state index in [2.05, 4.69) is 27.3 Å². The van der Waals surface area contributed by atoms with E-state index in [0.29, 0.717) is 45.5 Å². The summed E-state index contributed by atoms with van der Waals surface area (Å²) in [6.45, 7) is 4.73. The topological polar surface area (TPSA) is 67.9 Å². The number of imide groups is 1. The van der Waals surface area contributed by atoms with Gasteiger partial charge in [-0.05, 0) is 77.3 Å². The van der Waals surface area contributed by atoms with Gasteiger partial charge in [0.1, 0.15) is 12.3 Å². The van der Waals surface area contributed by atoms with Crippen molar-refractivity contribution in [1.82, 2.24) is 5.32 Å². The number of hydrogen-bond donors (Lipinski definition) is 1. The van der Waals surface area contributed by atoms with Crippen molar-refractivity contribution in [2.24, 2.45) is 0 Å². The zero-order valence-corrected chi connectivity index (χ0v) is 20.9. The van der Waals surface area contributed by atoms with Gasteiger partial charge in [0, 0.05) is 5.02 Å². The Hall–Kier alpha value is -3.29. The van der Waals surface area contributed by atoms with Crippen LogP contribution in [0.5, 0.6) is 11.5 Å². The standard InChI is InChI=1S/C26H22BrClN2O4/c1-3-33-23-13-18(11-21(27)24(23)34-15-17-7-4-6-16(2)10-17)12-22-25(31)30(26(32)29-22)20-9-5-8-19(28)14-20/h4-14H,3,15H2,1-2H3,(H,29,32)/b22-12+. The predicted molar refractivity (Wildman–Crippen MR) is 136 cm³/mol. The van der Waals surface area contributed by atoms with E-state index in [1.54, 1.807) is 36.4 Å². The molecule has 3 aromatic rings. The molecule has 174 valence electrons. The Balaban J connectivity index is 1.60. The summed E-state index contributed by atoms with van der Waals surface area (Å²) >= 11 is 9.58. The van der Waals surface area contributed by atoms with Gasteiger partial charge in [-0.25, -0.2) is 9.69 Å². The zero-order valence-electron chi connectivity index (χ0n) is 18.6. The average molecular weight is 542 g/mol. The molecule has 8 heteroatoms. The van der Waals surface area contributed by atoms with Crippen LogP contribution in [0.25, 0.3) is 6.08 Å². The lowest BCUT2D eigenvalue weighted by Crippen LogP contribution is -2.30. The van der Waals surface area contributed by atoms with Crippen molar-refractivity contribution in [1.29, 1.82) is 0 Å². The molecule has 1 N–H and O–H groups in total. The average Bonchev–Trinajstić information content (AvgIpc) is 3.06. The third-order valence-electron chi connectivity index (χ3n) is 5.05. The molecule has 0 saturated carbocycles.